The number of nitrogens with one attached hydrogen (secondary N) is 2. The number of aliphatic imine (C=N–C) groups is 1. The molecular weight excluding hydrogens is 390 g/mol. The first-order valence-corrected chi connectivity index (χ1v) is 11.1. The first-order valence-electron chi connectivity index (χ1n) is 11.1. The van der Waals surface area contributed by atoms with Gasteiger partial charge < -0.3 is 25.0 Å². The zero-order valence-electron chi connectivity index (χ0n) is 18.9. The van der Waals surface area contributed by atoms with Gasteiger partial charge in [-0.15, -0.1) is 0 Å². The number of hydrogen-bond donors (Lipinski definition) is 2. The molecule has 168 valence electrons. The molecule has 1 atom stereocenters. The molecule has 2 aromatic rings. The van der Waals surface area contributed by atoms with E-state index in [1.807, 2.05) is 37.4 Å². The third kappa shape index (κ3) is 7.05. The van der Waals surface area contributed by atoms with Crippen molar-refractivity contribution < 1.29 is 9.47 Å². The van der Waals surface area contributed by atoms with E-state index in [0.717, 1.165) is 36.4 Å². The molecule has 0 amide bonds. The lowest BCUT2D eigenvalue weighted by atomic mass is 10.2. The Kier molecular flexibility index (Phi) is 8.82. The molecule has 7 nitrogen and oxygen atoms in total. The maximum Gasteiger partial charge on any atom is 0.191 e. The van der Waals surface area contributed by atoms with Gasteiger partial charge in [0.15, 0.2) is 17.5 Å². The number of pyridine rings is 1. The number of benzene rings is 1. The smallest absolute Gasteiger partial charge is 0.191 e. The Balaban J connectivity index is 1.48. The van der Waals surface area contributed by atoms with E-state index in [4.69, 9.17) is 9.47 Å². The number of anilines is 1. The fourth-order valence-corrected chi connectivity index (χ4v) is 3.66. The topological polar surface area (TPSA) is 71.0 Å². The summed E-state index contributed by atoms with van der Waals surface area (Å²) in [5.41, 5.74) is 1.19. The third-order valence-electron chi connectivity index (χ3n) is 5.38. The van der Waals surface area contributed by atoms with Crippen LogP contribution in [0.25, 0.3) is 0 Å². The summed E-state index contributed by atoms with van der Waals surface area (Å²) in [7, 11) is 3.42. The van der Waals surface area contributed by atoms with Crippen LogP contribution >= 0.6 is 0 Å². The van der Waals surface area contributed by atoms with Gasteiger partial charge in [-0.2, -0.15) is 0 Å². The second kappa shape index (κ2) is 12.0. The van der Waals surface area contributed by atoms with Crippen molar-refractivity contribution in [1.29, 1.82) is 0 Å². The predicted octanol–water partition coefficient (Wildman–Crippen LogP) is 3.60. The van der Waals surface area contributed by atoms with Gasteiger partial charge >= 0.3 is 0 Å². The van der Waals surface area contributed by atoms with Crippen LogP contribution in [0.5, 0.6) is 11.5 Å². The fraction of sp³-hybridized carbons (Fsp3) is 0.500. The summed E-state index contributed by atoms with van der Waals surface area (Å²) < 4.78 is 11.4. The molecule has 2 N–H and O–H groups in total. The van der Waals surface area contributed by atoms with Gasteiger partial charge in [0, 0.05) is 32.9 Å². The number of nitrogens with zero attached hydrogens (tertiary/aromatic N) is 3. The Hall–Kier alpha value is -2.96. The van der Waals surface area contributed by atoms with Gasteiger partial charge in [-0.25, -0.2) is 4.98 Å². The van der Waals surface area contributed by atoms with Crippen LogP contribution in [0.3, 0.4) is 0 Å². The highest BCUT2D eigenvalue weighted by Crippen LogP contribution is 2.26. The Morgan fingerprint density at radius 2 is 1.84 bits per heavy atom. The zero-order valence-corrected chi connectivity index (χ0v) is 18.9. The summed E-state index contributed by atoms with van der Waals surface area (Å²) >= 11 is 0. The Bertz CT molecular complexity index is 834. The summed E-state index contributed by atoms with van der Waals surface area (Å²) in [4.78, 5) is 11.3. The van der Waals surface area contributed by atoms with E-state index in [2.05, 4.69) is 37.6 Å². The first kappa shape index (κ1) is 22.7. The summed E-state index contributed by atoms with van der Waals surface area (Å²) in [6.45, 7) is 5.51. The van der Waals surface area contributed by atoms with Crippen LogP contribution in [0.4, 0.5) is 5.82 Å². The average Bonchev–Trinajstić information content (AvgIpc) is 3.09. The van der Waals surface area contributed by atoms with Crippen molar-refractivity contribution in [3.05, 3.63) is 48.2 Å². The molecule has 0 radical (unpaired) electrons. The van der Waals surface area contributed by atoms with Crippen molar-refractivity contribution in [2.75, 3.05) is 38.7 Å². The van der Waals surface area contributed by atoms with Crippen molar-refractivity contribution in [2.45, 2.75) is 45.3 Å². The number of hydrogen-bond acceptors (Lipinski definition) is 5. The SMILES string of the molecule is CN=C(NCc1ccnc(N2CCCCCC2)c1)NCC(C)Oc1ccccc1OC. The largest absolute Gasteiger partial charge is 0.493 e. The van der Waals surface area contributed by atoms with Crippen LogP contribution in [0.2, 0.25) is 0 Å². The third-order valence-corrected chi connectivity index (χ3v) is 5.38. The van der Waals surface area contributed by atoms with E-state index in [9.17, 15) is 0 Å². The van der Waals surface area contributed by atoms with Gasteiger partial charge in [0.2, 0.25) is 0 Å². The van der Waals surface area contributed by atoms with E-state index in [0.29, 0.717) is 13.1 Å². The van der Waals surface area contributed by atoms with Gasteiger partial charge in [0.25, 0.3) is 0 Å². The lowest BCUT2D eigenvalue weighted by molar-refractivity contribution is 0.213. The molecule has 1 aliphatic rings. The maximum atomic E-state index is 6.00. The highest BCUT2D eigenvalue weighted by atomic mass is 16.5. The Morgan fingerprint density at radius 1 is 1.10 bits per heavy atom. The molecule has 7 heteroatoms. The molecule has 2 heterocycles. The number of ether oxygens (including phenoxy) is 2. The van der Waals surface area contributed by atoms with E-state index in [1.165, 1.54) is 31.2 Å². The number of rotatable bonds is 8. The maximum absolute atomic E-state index is 6.00. The minimum Gasteiger partial charge on any atom is -0.493 e. The van der Waals surface area contributed by atoms with Gasteiger partial charge in [-0.3, -0.25) is 4.99 Å². The van der Waals surface area contributed by atoms with Crippen LogP contribution in [0.15, 0.2) is 47.6 Å². The number of para-hydroxylation sites is 2. The highest BCUT2D eigenvalue weighted by Gasteiger charge is 2.12. The van der Waals surface area contributed by atoms with Crippen LogP contribution < -0.4 is 25.0 Å². The van der Waals surface area contributed by atoms with E-state index < -0.39 is 0 Å². The molecule has 3 rings (SSSR count). The van der Waals surface area contributed by atoms with Gasteiger partial charge in [0.05, 0.1) is 13.7 Å². The monoisotopic (exact) mass is 425 g/mol. The molecule has 0 aliphatic carbocycles. The van der Waals surface area contributed by atoms with E-state index in [-0.39, 0.29) is 6.10 Å². The van der Waals surface area contributed by atoms with Crippen LogP contribution in [0, 0.1) is 0 Å². The lowest BCUT2D eigenvalue weighted by Gasteiger charge is -2.22. The molecule has 1 fully saturated rings. The molecule has 1 aromatic carbocycles. The molecule has 1 aromatic heterocycles. The van der Waals surface area contributed by atoms with Crippen molar-refractivity contribution in [2.24, 2.45) is 4.99 Å². The molecule has 0 saturated carbocycles. The zero-order chi connectivity index (χ0) is 21.9. The average molecular weight is 426 g/mol. The molecule has 1 saturated heterocycles. The van der Waals surface area contributed by atoms with Crippen LogP contribution in [-0.2, 0) is 6.54 Å². The Labute approximate surface area is 185 Å². The van der Waals surface area contributed by atoms with Crippen LogP contribution in [0.1, 0.15) is 38.2 Å². The second-order valence-electron chi connectivity index (χ2n) is 7.81. The van der Waals surface area contributed by atoms with Gasteiger partial charge in [0.1, 0.15) is 11.9 Å². The minimum absolute atomic E-state index is 0.0505. The first-order chi connectivity index (χ1) is 15.2. The standard InChI is InChI=1S/C24H35N5O2/c1-19(31-22-11-7-6-10-21(22)30-3)17-27-24(25-2)28-18-20-12-13-26-23(16-20)29-14-8-4-5-9-15-29/h6-7,10-13,16,19H,4-5,8-9,14-15,17-18H2,1-3H3,(H2,25,27,28). The normalized spacial score (nSPS) is 15.7. The molecule has 0 spiro atoms. The number of aromatic nitrogens is 1. The van der Waals surface area contributed by atoms with Crippen molar-refractivity contribution in [3.8, 4) is 11.5 Å². The van der Waals surface area contributed by atoms with Gasteiger partial charge in [-0.05, 0) is 49.6 Å². The fourth-order valence-electron chi connectivity index (χ4n) is 3.66. The number of methoxy groups -OCH3 is 1. The quantitative estimate of drug-likeness (QED) is 0.497. The summed E-state index contributed by atoms with van der Waals surface area (Å²) in [6.07, 6.45) is 6.98. The van der Waals surface area contributed by atoms with Crippen LogP contribution in [-0.4, -0.2) is 50.8 Å². The molecule has 1 aliphatic heterocycles. The van der Waals surface area contributed by atoms with Gasteiger partial charge in [-0.1, -0.05) is 25.0 Å². The molecule has 1 unspecified atom stereocenters. The number of guanidine groups is 1. The van der Waals surface area contributed by atoms with E-state index >= 15 is 0 Å². The molecular formula is C24H35N5O2. The van der Waals surface area contributed by atoms with E-state index in [1.54, 1.807) is 14.2 Å². The predicted molar refractivity (Wildman–Crippen MR) is 126 cm³/mol. The molecule has 31 heavy (non-hydrogen) atoms. The van der Waals surface area contributed by atoms with Crippen molar-refractivity contribution >= 4 is 11.8 Å². The van der Waals surface area contributed by atoms with Crippen molar-refractivity contribution in [1.82, 2.24) is 15.6 Å². The molecule has 0 bridgehead atoms. The summed E-state index contributed by atoms with van der Waals surface area (Å²) in [5, 5.41) is 6.71. The second-order valence-corrected chi connectivity index (χ2v) is 7.81. The van der Waals surface area contributed by atoms with Crippen molar-refractivity contribution in [3.63, 3.8) is 0 Å². The summed E-state index contributed by atoms with van der Waals surface area (Å²) in [5.74, 6) is 3.28. The Morgan fingerprint density at radius 3 is 2.55 bits per heavy atom. The lowest BCUT2D eigenvalue weighted by Crippen LogP contribution is -2.41. The minimum atomic E-state index is -0.0505. The highest BCUT2D eigenvalue weighted by molar-refractivity contribution is 5.79. The summed E-state index contributed by atoms with van der Waals surface area (Å²) in [6, 6.07) is 11.9.